The van der Waals surface area contributed by atoms with E-state index in [0.29, 0.717) is 19.1 Å². The summed E-state index contributed by atoms with van der Waals surface area (Å²) in [5, 5.41) is 0. The van der Waals surface area contributed by atoms with Crippen molar-refractivity contribution >= 4 is 11.9 Å². The number of methoxy groups -OCH3 is 2. The monoisotopic (exact) mass is 347 g/mol. The predicted molar refractivity (Wildman–Crippen MR) is 79.9 cm³/mol. The molecule has 134 valence electrons. The molecule has 0 aromatic heterocycles. The number of nitrogens with zero attached hydrogens (tertiary/aromatic N) is 1. The highest BCUT2D eigenvalue weighted by molar-refractivity contribution is 5.94. The van der Waals surface area contributed by atoms with Crippen molar-refractivity contribution in [2.45, 2.75) is 13.3 Å². The van der Waals surface area contributed by atoms with Gasteiger partial charge in [0.25, 0.3) is 5.91 Å². The first-order chi connectivity index (χ1) is 11.3. The summed E-state index contributed by atoms with van der Waals surface area (Å²) in [6, 6.07) is 1.56. The minimum atomic E-state index is -1.71. The quantitative estimate of drug-likeness (QED) is 0.412. The van der Waals surface area contributed by atoms with Crippen molar-refractivity contribution in [3.05, 3.63) is 35.1 Å². The third-order valence-electron chi connectivity index (χ3n) is 3.43. The Morgan fingerprint density at radius 1 is 1.17 bits per heavy atom. The zero-order valence-corrected chi connectivity index (χ0v) is 13.8. The van der Waals surface area contributed by atoms with Crippen molar-refractivity contribution in [2.24, 2.45) is 5.92 Å². The number of hydrogen-bond acceptors (Lipinski definition) is 4. The van der Waals surface area contributed by atoms with E-state index in [0.717, 1.165) is 6.07 Å². The van der Waals surface area contributed by atoms with Gasteiger partial charge in [-0.2, -0.15) is 0 Å². The van der Waals surface area contributed by atoms with Crippen LogP contribution in [0.2, 0.25) is 0 Å². The summed E-state index contributed by atoms with van der Waals surface area (Å²) in [5.74, 6) is -6.67. The lowest BCUT2D eigenvalue weighted by atomic mass is 10.1. The Bertz CT molecular complexity index is 595. The molecule has 0 saturated heterocycles. The topological polar surface area (TPSA) is 55.8 Å². The Balaban J connectivity index is 3.02. The van der Waals surface area contributed by atoms with Crippen LogP contribution in [0, 0.1) is 23.4 Å². The summed E-state index contributed by atoms with van der Waals surface area (Å²) in [7, 11) is 2.70. The second kappa shape index (κ2) is 9.27. The summed E-state index contributed by atoms with van der Waals surface area (Å²) in [5.41, 5.74) is -0.594. The van der Waals surface area contributed by atoms with E-state index in [-0.39, 0.29) is 13.1 Å². The maximum Gasteiger partial charge on any atom is 0.310 e. The lowest BCUT2D eigenvalue weighted by molar-refractivity contribution is -0.145. The molecular weight excluding hydrogens is 327 g/mol. The average molecular weight is 347 g/mol. The van der Waals surface area contributed by atoms with Crippen LogP contribution in [0.15, 0.2) is 12.1 Å². The largest absolute Gasteiger partial charge is 0.469 e. The van der Waals surface area contributed by atoms with E-state index < -0.39 is 40.8 Å². The third-order valence-corrected chi connectivity index (χ3v) is 3.43. The standard InChI is InChI=1S/C16H20F3NO4/c1-10(16(22)24-3)9-20(7-4-8-23-2)15(21)11-5-6-12(17)14(19)13(11)18/h5-6,10H,4,7-9H2,1-3H3. The molecule has 0 aliphatic rings. The normalized spacial score (nSPS) is 11.9. The number of ether oxygens (including phenoxy) is 2. The van der Waals surface area contributed by atoms with Crippen molar-refractivity contribution in [3.63, 3.8) is 0 Å². The number of benzene rings is 1. The lowest BCUT2D eigenvalue weighted by Crippen LogP contribution is -2.38. The number of esters is 1. The molecule has 0 bridgehead atoms. The summed E-state index contributed by atoms with van der Waals surface area (Å²) in [6.45, 7) is 2.00. The summed E-state index contributed by atoms with van der Waals surface area (Å²) < 4.78 is 49.7. The molecule has 8 heteroatoms. The molecule has 24 heavy (non-hydrogen) atoms. The predicted octanol–water partition coefficient (Wildman–Crippen LogP) is 2.39. The van der Waals surface area contributed by atoms with Crippen molar-refractivity contribution in [1.29, 1.82) is 0 Å². The average Bonchev–Trinajstić information content (AvgIpc) is 2.57. The molecule has 1 aromatic rings. The van der Waals surface area contributed by atoms with E-state index in [1.54, 1.807) is 6.92 Å². The van der Waals surface area contributed by atoms with Crippen LogP contribution in [0.3, 0.4) is 0 Å². The fraction of sp³-hybridized carbons (Fsp3) is 0.500. The van der Waals surface area contributed by atoms with Gasteiger partial charge in [-0.25, -0.2) is 13.2 Å². The van der Waals surface area contributed by atoms with Crippen LogP contribution in [-0.2, 0) is 14.3 Å². The molecule has 0 radical (unpaired) electrons. The Labute approximate surface area is 138 Å². The van der Waals surface area contributed by atoms with E-state index >= 15 is 0 Å². The van der Waals surface area contributed by atoms with Gasteiger partial charge in [0.2, 0.25) is 0 Å². The molecule has 0 aliphatic heterocycles. The van der Waals surface area contributed by atoms with Crippen LogP contribution >= 0.6 is 0 Å². The molecule has 1 aromatic carbocycles. The highest BCUT2D eigenvalue weighted by Gasteiger charge is 2.26. The van der Waals surface area contributed by atoms with Crippen LogP contribution < -0.4 is 0 Å². The molecule has 1 unspecified atom stereocenters. The number of carbonyl (C=O) groups excluding carboxylic acids is 2. The highest BCUT2D eigenvalue weighted by Crippen LogP contribution is 2.18. The van der Waals surface area contributed by atoms with Crippen LogP contribution in [0.1, 0.15) is 23.7 Å². The maximum absolute atomic E-state index is 13.8. The molecule has 0 aliphatic carbocycles. The van der Waals surface area contributed by atoms with Gasteiger partial charge in [-0.3, -0.25) is 9.59 Å². The van der Waals surface area contributed by atoms with Crippen molar-refractivity contribution in [1.82, 2.24) is 4.90 Å². The molecule has 0 fully saturated rings. The molecule has 1 atom stereocenters. The van der Waals surface area contributed by atoms with Crippen LogP contribution in [0.25, 0.3) is 0 Å². The Kier molecular flexibility index (Phi) is 7.70. The molecular formula is C16H20F3NO4. The number of carbonyl (C=O) groups is 2. The maximum atomic E-state index is 13.8. The van der Waals surface area contributed by atoms with Gasteiger partial charge in [0.1, 0.15) is 0 Å². The van der Waals surface area contributed by atoms with Crippen molar-refractivity contribution < 1.29 is 32.2 Å². The third kappa shape index (κ3) is 4.95. The second-order valence-corrected chi connectivity index (χ2v) is 5.24. The minimum Gasteiger partial charge on any atom is -0.469 e. The van der Waals surface area contributed by atoms with Gasteiger partial charge < -0.3 is 14.4 Å². The zero-order valence-electron chi connectivity index (χ0n) is 13.8. The van der Waals surface area contributed by atoms with Gasteiger partial charge in [0.15, 0.2) is 17.5 Å². The van der Waals surface area contributed by atoms with E-state index in [1.807, 2.05) is 0 Å². The fourth-order valence-electron chi connectivity index (χ4n) is 2.14. The minimum absolute atomic E-state index is 0.0480. The SMILES string of the molecule is COCCCN(CC(C)C(=O)OC)C(=O)c1ccc(F)c(F)c1F. The number of hydrogen-bond donors (Lipinski definition) is 0. The molecule has 5 nitrogen and oxygen atoms in total. The van der Waals surface area contributed by atoms with E-state index in [4.69, 9.17) is 4.74 Å². The smallest absolute Gasteiger partial charge is 0.310 e. The van der Waals surface area contributed by atoms with Gasteiger partial charge in [-0.1, -0.05) is 6.92 Å². The van der Waals surface area contributed by atoms with Gasteiger partial charge in [-0.05, 0) is 18.6 Å². The number of amides is 1. The molecule has 0 spiro atoms. The fourth-order valence-corrected chi connectivity index (χ4v) is 2.14. The summed E-state index contributed by atoms with van der Waals surface area (Å²) in [4.78, 5) is 25.2. The van der Waals surface area contributed by atoms with Gasteiger partial charge in [-0.15, -0.1) is 0 Å². The van der Waals surface area contributed by atoms with Crippen LogP contribution in [0.5, 0.6) is 0 Å². The van der Waals surface area contributed by atoms with E-state index in [1.165, 1.54) is 19.1 Å². The summed E-state index contributed by atoms with van der Waals surface area (Å²) in [6.07, 6.45) is 0.432. The lowest BCUT2D eigenvalue weighted by Gasteiger charge is -2.25. The Morgan fingerprint density at radius 3 is 2.42 bits per heavy atom. The van der Waals surface area contributed by atoms with Gasteiger partial charge >= 0.3 is 5.97 Å². The second-order valence-electron chi connectivity index (χ2n) is 5.24. The first kappa shape index (κ1) is 20.0. The highest BCUT2D eigenvalue weighted by atomic mass is 19.2. The molecule has 1 rings (SSSR count). The first-order valence-electron chi connectivity index (χ1n) is 7.33. The van der Waals surface area contributed by atoms with Gasteiger partial charge in [0, 0.05) is 26.8 Å². The molecule has 0 heterocycles. The zero-order chi connectivity index (χ0) is 18.3. The van der Waals surface area contributed by atoms with E-state index in [2.05, 4.69) is 4.74 Å². The Morgan fingerprint density at radius 2 is 1.83 bits per heavy atom. The van der Waals surface area contributed by atoms with Crippen LogP contribution in [-0.4, -0.2) is 50.7 Å². The van der Waals surface area contributed by atoms with Gasteiger partial charge in [0.05, 0.1) is 18.6 Å². The first-order valence-corrected chi connectivity index (χ1v) is 7.33. The molecule has 0 N–H and O–H groups in total. The van der Waals surface area contributed by atoms with Crippen molar-refractivity contribution in [3.8, 4) is 0 Å². The number of rotatable bonds is 8. The van der Waals surface area contributed by atoms with E-state index in [9.17, 15) is 22.8 Å². The van der Waals surface area contributed by atoms with Crippen LogP contribution in [0.4, 0.5) is 13.2 Å². The Hall–Kier alpha value is -2.09. The molecule has 1 amide bonds. The summed E-state index contributed by atoms with van der Waals surface area (Å²) >= 11 is 0. The molecule has 0 saturated carbocycles. The van der Waals surface area contributed by atoms with Crippen molar-refractivity contribution in [2.75, 3.05) is 33.9 Å². The number of halogens is 3.